The van der Waals surface area contributed by atoms with E-state index in [-0.39, 0.29) is 12.8 Å². The van der Waals surface area contributed by atoms with Crippen molar-refractivity contribution in [2.45, 2.75) is 44.8 Å². The zero-order valence-electron chi connectivity index (χ0n) is 10.0. The number of nitrogens with zero attached hydrogens (tertiary/aromatic N) is 1. The molecule has 1 rings (SSSR count). The minimum atomic E-state index is -4.14. The molecule has 0 aromatic heterocycles. The molecule has 1 N–H and O–H groups in total. The van der Waals surface area contributed by atoms with Crippen LogP contribution in [-0.4, -0.2) is 42.8 Å². The van der Waals surface area contributed by atoms with Gasteiger partial charge in [0.25, 0.3) is 0 Å². The summed E-state index contributed by atoms with van der Waals surface area (Å²) in [5.41, 5.74) is -1.64. The summed E-state index contributed by atoms with van der Waals surface area (Å²) in [4.78, 5) is 2.07. The van der Waals surface area contributed by atoms with E-state index in [0.717, 1.165) is 13.0 Å². The number of likely N-dealkylation sites (tertiary alicyclic amines) is 1. The van der Waals surface area contributed by atoms with Crippen molar-refractivity contribution in [3.8, 4) is 0 Å². The Morgan fingerprint density at radius 2 is 1.75 bits per heavy atom. The predicted octanol–water partition coefficient (Wildman–Crippen LogP) is 2.40. The summed E-state index contributed by atoms with van der Waals surface area (Å²) in [6.45, 7) is 6.21. The third-order valence-electron chi connectivity index (χ3n) is 3.41. The number of hydrogen-bond donors (Lipinski definition) is 1. The highest BCUT2D eigenvalue weighted by Gasteiger charge is 2.54. The molecule has 0 radical (unpaired) electrons. The quantitative estimate of drug-likeness (QED) is 0.809. The Hall–Kier alpha value is -0.290. The van der Waals surface area contributed by atoms with Gasteiger partial charge in [0.15, 0.2) is 0 Å². The average molecular weight is 238 g/mol. The molecule has 5 heteroatoms. The van der Waals surface area contributed by atoms with Crippen LogP contribution >= 0.6 is 0 Å². The fraction of sp³-hybridized carbons (Fsp3) is 1.00. The van der Waals surface area contributed by atoms with Gasteiger partial charge < -0.3 is 10.2 Å². The summed E-state index contributed by atoms with van der Waals surface area (Å²) in [5.74, 6) is 0. The van der Waals surface area contributed by atoms with Crippen LogP contribution in [0.5, 0.6) is 0 Å². The molecule has 0 atom stereocenters. The van der Waals surface area contributed by atoms with Gasteiger partial charge in [-0.3, -0.25) is 0 Å². The lowest BCUT2D eigenvalue weighted by atomic mass is 9.86. The van der Waals surface area contributed by atoms with Gasteiger partial charge in [-0.05, 0) is 32.4 Å². The van der Waals surface area contributed by atoms with Crippen molar-refractivity contribution >= 4 is 0 Å². The SMILES string of the molecule is CCCNC1(C(F)(F)F)CCN(CC)CC1. The molecule has 2 nitrogen and oxygen atoms in total. The molecule has 1 heterocycles. The van der Waals surface area contributed by atoms with Crippen molar-refractivity contribution in [3.05, 3.63) is 0 Å². The molecule has 0 saturated carbocycles. The third-order valence-corrected chi connectivity index (χ3v) is 3.41. The van der Waals surface area contributed by atoms with Crippen LogP contribution in [0.25, 0.3) is 0 Å². The minimum Gasteiger partial charge on any atom is -0.304 e. The Labute approximate surface area is 95.2 Å². The normalized spacial score (nSPS) is 22.3. The highest BCUT2D eigenvalue weighted by Crippen LogP contribution is 2.38. The Balaban J connectivity index is 2.67. The maximum Gasteiger partial charge on any atom is 0.406 e. The van der Waals surface area contributed by atoms with Crippen LogP contribution in [-0.2, 0) is 0 Å². The zero-order valence-corrected chi connectivity index (χ0v) is 10.0. The van der Waals surface area contributed by atoms with Crippen LogP contribution in [0.15, 0.2) is 0 Å². The molecule has 0 unspecified atom stereocenters. The first-order valence-electron chi connectivity index (χ1n) is 5.99. The molecular weight excluding hydrogens is 217 g/mol. The number of nitrogens with one attached hydrogen (secondary N) is 1. The number of piperidine rings is 1. The molecule has 0 aromatic carbocycles. The first-order chi connectivity index (χ1) is 7.45. The zero-order chi connectivity index (χ0) is 12.2. The lowest BCUT2D eigenvalue weighted by Crippen LogP contribution is -2.62. The summed E-state index contributed by atoms with van der Waals surface area (Å²) in [5, 5.41) is 2.72. The molecule has 1 fully saturated rings. The first kappa shape index (κ1) is 13.8. The fourth-order valence-corrected chi connectivity index (χ4v) is 2.18. The second-order valence-electron chi connectivity index (χ2n) is 4.44. The minimum absolute atomic E-state index is 0.171. The largest absolute Gasteiger partial charge is 0.406 e. The van der Waals surface area contributed by atoms with Gasteiger partial charge in [0.05, 0.1) is 0 Å². The monoisotopic (exact) mass is 238 g/mol. The molecule has 0 bridgehead atoms. The molecule has 16 heavy (non-hydrogen) atoms. The van der Waals surface area contributed by atoms with E-state index < -0.39 is 11.7 Å². The van der Waals surface area contributed by atoms with Crippen LogP contribution in [0.3, 0.4) is 0 Å². The van der Waals surface area contributed by atoms with Crippen molar-refractivity contribution in [1.29, 1.82) is 0 Å². The van der Waals surface area contributed by atoms with E-state index >= 15 is 0 Å². The molecule has 1 aliphatic rings. The van der Waals surface area contributed by atoms with E-state index in [0.29, 0.717) is 19.6 Å². The van der Waals surface area contributed by atoms with Gasteiger partial charge in [-0.2, -0.15) is 13.2 Å². The topological polar surface area (TPSA) is 15.3 Å². The fourth-order valence-electron chi connectivity index (χ4n) is 2.18. The molecule has 0 amide bonds. The van der Waals surface area contributed by atoms with E-state index in [1.165, 1.54) is 0 Å². The summed E-state index contributed by atoms with van der Waals surface area (Å²) in [6, 6.07) is 0. The third kappa shape index (κ3) is 2.88. The maximum absolute atomic E-state index is 13.1. The summed E-state index contributed by atoms with van der Waals surface area (Å²) >= 11 is 0. The number of halogens is 3. The van der Waals surface area contributed by atoms with Crippen LogP contribution in [0.1, 0.15) is 33.1 Å². The van der Waals surface area contributed by atoms with Gasteiger partial charge in [-0.15, -0.1) is 0 Å². The van der Waals surface area contributed by atoms with Crippen molar-refractivity contribution in [1.82, 2.24) is 10.2 Å². The van der Waals surface area contributed by atoms with Crippen molar-refractivity contribution in [2.75, 3.05) is 26.2 Å². The lowest BCUT2D eigenvalue weighted by molar-refractivity contribution is -0.208. The molecule has 0 aliphatic carbocycles. The standard InChI is InChI=1S/C11H21F3N2/c1-3-7-15-10(11(12,13)14)5-8-16(4-2)9-6-10/h15H,3-9H2,1-2H3. The number of alkyl halides is 3. The summed E-state index contributed by atoms with van der Waals surface area (Å²) in [6.07, 6.45) is -3.06. The Morgan fingerprint density at radius 3 is 2.12 bits per heavy atom. The van der Waals surface area contributed by atoms with E-state index in [9.17, 15) is 13.2 Å². The highest BCUT2D eigenvalue weighted by atomic mass is 19.4. The second kappa shape index (κ2) is 5.36. The maximum atomic E-state index is 13.1. The predicted molar refractivity (Wildman–Crippen MR) is 58.4 cm³/mol. The second-order valence-corrected chi connectivity index (χ2v) is 4.44. The van der Waals surface area contributed by atoms with Gasteiger partial charge in [0, 0.05) is 13.1 Å². The summed E-state index contributed by atoms with van der Waals surface area (Å²) < 4.78 is 39.2. The molecule has 0 spiro atoms. The van der Waals surface area contributed by atoms with E-state index in [1.54, 1.807) is 0 Å². The summed E-state index contributed by atoms with van der Waals surface area (Å²) in [7, 11) is 0. The Bertz CT molecular complexity index is 208. The molecule has 0 aromatic rings. The highest BCUT2D eigenvalue weighted by molar-refractivity contribution is 4.99. The van der Waals surface area contributed by atoms with Gasteiger partial charge in [0.1, 0.15) is 5.54 Å². The molecular formula is C11H21F3N2. The average Bonchev–Trinajstić information content (AvgIpc) is 2.25. The Kier molecular flexibility index (Phi) is 4.62. The van der Waals surface area contributed by atoms with Gasteiger partial charge in [-0.25, -0.2) is 0 Å². The number of rotatable bonds is 4. The first-order valence-corrected chi connectivity index (χ1v) is 5.99. The lowest BCUT2D eigenvalue weighted by Gasteiger charge is -2.43. The van der Waals surface area contributed by atoms with Crippen molar-refractivity contribution in [2.24, 2.45) is 0 Å². The van der Waals surface area contributed by atoms with Crippen molar-refractivity contribution < 1.29 is 13.2 Å². The van der Waals surface area contributed by atoms with Crippen LogP contribution in [0.2, 0.25) is 0 Å². The van der Waals surface area contributed by atoms with Gasteiger partial charge >= 0.3 is 6.18 Å². The Morgan fingerprint density at radius 1 is 1.19 bits per heavy atom. The van der Waals surface area contributed by atoms with Crippen LogP contribution in [0, 0.1) is 0 Å². The van der Waals surface area contributed by atoms with Crippen LogP contribution < -0.4 is 5.32 Å². The van der Waals surface area contributed by atoms with Gasteiger partial charge in [0.2, 0.25) is 0 Å². The van der Waals surface area contributed by atoms with E-state index in [1.807, 2.05) is 13.8 Å². The van der Waals surface area contributed by atoms with E-state index in [2.05, 4.69) is 10.2 Å². The van der Waals surface area contributed by atoms with Crippen molar-refractivity contribution in [3.63, 3.8) is 0 Å². The molecule has 1 aliphatic heterocycles. The van der Waals surface area contributed by atoms with Crippen LogP contribution in [0.4, 0.5) is 13.2 Å². The molecule has 1 saturated heterocycles. The van der Waals surface area contributed by atoms with E-state index in [4.69, 9.17) is 0 Å². The van der Waals surface area contributed by atoms with Gasteiger partial charge in [-0.1, -0.05) is 13.8 Å². The smallest absolute Gasteiger partial charge is 0.304 e. The molecule has 96 valence electrons. The number of hydrogen-bond acceptors (Lipinski definition) is 2.